The van der Waals surface area contributed by atoms with Gasteiger partial charge in [0, 0.05) is 13.0 Å². The normalized spacial score (nSPS) is 11.2. The summed E-state index contributed by atoms with van der Waals surface area (Å²) in [6.07, 6.45) is 9.17. The van der Waals surface area contributed by atoms with Crippen LogP contribution in [-0.2, 0) is 0 Å². The molecular weight excluding hydrogens is 313 g/mol. The van der Waals surface area contributed by atoms with E-state index in [1.807, 2.05) is 0 Å². The molecule has 0 saturated carbocycles. The summed E-state index contributed by atoms with van der Waals surface area (Å²) in [5.41, 5.74) is 0. The van der Waals surface area contributed by atoms with Crippen LogP contribution in [0.2, 0.25) is 0 Å². The monoisotopic (exact) mass is 343 g/mol. The average Bonchev–Trinajstić information content (AvgIpc) is 2.20. The van der Waals surface area contributed by atoms with Crippen molar-refractivity contribution in [3.63, 3.8) is 0 Å². The summed E-state index contributed by atoms with van der Waals surface area (Å²) in [5.74, 6) is 0. The molecule has 0 aromatic rings. The first-order valence-corrected chi connectivity index (χ1v) is 6.55. The molecule has 16 heavy (non-hydrogen) atoms. The van der Waals surface area contributed by atoms with Crippen molar-refractivity contribution in [2.75, 3.05) is 33.8 Å². The Morgan fingerprint density at radius 1 is 0.812 bits per heavy atom. The number of aliphatic hydroxyl groups is 1. The molecule has 0 aliphatic rings. The SMILES string of the molecule is CCCCCCCC[N+](C)(C)CCCO.[I-]. The van der Waals surface area contributed by atoms with Crippen molar-refractivity contribution < 1.29 is 33.6 Å². The summed E-state index contributed by atoms with van der Waals surface area (Å²) >= 11 is 0. The Balaban J connectivity index is 0. The minimum atomic E-state index is 0. The number of hydrogen-bond donors (Lipinski definition) is 1. The Kier molecular flexibility index (Phi) is 14.4. The Hall–Kier alpha value is 0.650. The fourth-order valence-corrected chi connectivity index (χ4v) is 1.93. The fraction of sp³-hybridized carbons (Fsp3) is 1.00. The van der Waals surface area contributed by atoms with Gasteiger partial charge in [-0.25, -0.2) is 0 Å². The van der Waals surface area contributed by atoms with Crippen molar-refractivity contribution in [1.29, 1.82) is 0 Å². The predicted octanol–water partition coefficient (Wildman–Crippen LogP) is -0.190. The Labute approximate surface area is 119 Å². The first-order valence-electron chi connectivity index (χ1n) is 6.55. The van der Waals surface area contributed by atoms with Crippen molar-refractivity contribution in [2.24, 2.45) is 0 Å². The summed E-state index contributed by atoms with van der Waals surface area (Å²) in [4.78, 5) is 0. The summed E-state index contributed by atoms with van der Waals surface area (Å²) in [7, 11) is 4.53. The summed E-state index contributed by atoms with van der Waals surface area (Å²) < 4.78 is 1.06. The van der Waals surface area contributed by atoms with E-state index >= 15 is 0 Å². The van der Waals surface area contributed by atoms with Gasteiger partial charge >= 0.3 is 0 Å². The van der Waals surface area contributed by atoms with Crippen molar-refractivity contribution in [3.05, 3.63) is 0 Å². The summed E-state index contributed by atoms with van der Waals surface area (Å²) in [6, 6.07) is 0. The number of aliphatic hydroxyl groups excluding tert-OH is 1. The van der Waals surface area contributed by atoms with Crippen LogP contribution >= 0.6 is 0 Å². The molecule has 0 spiro atoms. The van der Waals surface area contributed by atoms with Crippen molar-refractivity contribution in [1.82, 2.24) is 0 Å². The van der Waals surface area contributed by atoms with E-state index < -0.39 is 0 Å². The quantitative estimate of drug-likeness (QED) is 0.331. The van der Waals surface area contributed by atoms with Crippen LogP contribution in [0.4, 0.5) is 0 Å². The molecule has 0 aliphatic heterocycles. The first kappa shape index (κ1) is 19.0. The highest BCUT2D eigenvalue weighted by molar-refractivity contribution is 4.44. The molecule has 0 aromatic heterocycles. The van der Waals surface area contributed by atoms with E-state index in [1.54, 1.807) is 0 Å². The molecule has 0 heterocycles. The molecule has 0 aliphatic carbocycles. The first-order chi connectivity index (χ1) is 7.12. The van der Waals surface area contributed by atoms with E-state index in [4.69, 9.17) is 5.11 Å². The lowest BCUT2D eigenvalue weighted by atomic mass is 10.1. The van der Waals surface area contributed by atoms with Gasteiger partial charge < -0.3 is 33.6 Å². The Morgan fingerprint density at radius 3 is 1.88 bits per heavy atom. The highest BCUT2D eigenvalue weighted by atomic mass is 127. The summed E-state index contributed by atoms with van der Waals surface area (Å²) in [5, 5.41) is 8.79. The van der Waals surface area contributed by atoms with Crippen LogP contribution in [0.25, 0.3) is 0 Å². The van der Waals surface area contributed by atoms with Gasteiger partial charge in [-0.3, -0.25) is 0 Å². The number of halogens is 1. The average molecular weight is 343 g/mol. The largest absolute Gasteiger partial charge is 1.00 e. The molecular formula is C13H30INO. The lowest BCUT2D eigenvalue weighted by Gasteiger charge is -2.29. The lowest BCUT2D eigenvalue weighted by molar-refractivity contribution is -0.890. The maximum Gasteiger partial charge on any atom is 0.0804 e. The van der Waals surface area contributed by atoms with E-state index in [0.29, 0.717) is 6.61 Å². The molecule has 0 aromatic carbocycles. The molecule has 0 unspecified atom stereocenters. The van der Waals surface area contributed by atoms with E-state index in [0.717, 1.165) is 17.4 Å². The zero-order chi connectivity index (χ0) is 11.6. The van der Waals surface area contributed by atoms with Crippen LogP contribution in [0.3, 0.4) is 0 Å². The molecule has 0 rings (SSSR count). The molecule has 0 bridgehead atoms. The number of unbranched alkanes of at least 4 members (excludes halogenated alkanes) is 5. The molecule has 0 amide bonds. The molecule has 0 atom stereocenters. The van der Waals surface area contributed by atoms with Gasteiger partial charge in [0.05, 0.1) is 27.2 Å². The van der Waals surface area contributed by atoms with Gasteiger partial charge in [0.2, 0.25) is 0 Å². The van der Waals surface area contributed by atoms with Crippen LogP contribution in [0.5, 0.6) is 0 Å². The number of rotatable bonds is 10. The molecule has 2 nitrogen and oxygen atoms in total. The van der Waals surface area contributed by atoms with Crippen LogP contribution in [0.1, 0.15) is 51.9 Å². The van der Waals surface area contributed by atoms with Gasteiger partial charge in [0.1, 0.15) is 0 Å². The maximum atomic E-state index is 8.79. The third-order valence-corrected chi connectivity index (χ3v) is 3.04. The second-order valence-electron chi connectivity index (χ2n) is 5.23. The van der Waals surface area contributed by atoms with Crippen LogP contribution in [0.15, 0.2) is 0 Å². The Morgan fingerprint density at radius 2 is 1.31 bits per heavy atom. The van der Waals surface area contributed by atoms with E-state index in [9.17, 15) is 0 Å². The van der Waals surface area contributed by atoms with Crippen molar-refractivity contribution in [3.8, 4) is 0 Å². The van der Waals surface area contributed by atoms with E-state index in [2.05, 4.69) is 21.0 Å². The number of hydrogen-bond acceptors (Lipinski definition) is 1. The highest BCUT2D eigenvalue weighted by Crippen LogP contribution is 2.08. The van der Waals surface area contributed by atoms with Gasteiger partial charge in [-0.2, -0.15) is 0 Å². The smallest absolute Gasteiger partial charge is 0.0804 e. The second kappa shape index (κ2) is 12.1. The molecule has 100 valence electrons. The van der Waals surface area contributed by atoms with Gasteiger partial charge in [0.15, 0.2) is 0 Å². The van der Waals surface area contributed by atoms with Crippen LogP contribution < -0.4 is 24.0 Å². The molecule has 1 N–H and O–H groups in total. The van der Waals surface area contributed by atoms with Gasteiger partial charge in [-0.1, -0.05) is 32.6 Å². The lowest BCUT2D eigenvalue weighted by Crippen LogP contribution is -3.00. The standard InChI is InChI=1S/C13H30NO.HI/c1-4-5-6-7-8-9-11-14(2,3)12-10-13-15;/h15H,4-13H2,1-3H3;1H/q+1;/p-1. The minimum absolute atomic E-state index is 0. The van der Waals surface area contributed by atoms with E-state index in [-0.39, 0.29) is 24.0 Å². The minimum Gasteiger partial charge on any atom is -1.00 e. The molecule has 0 radical (unpaired) electrons. The Bertz CT molecular complexity index is 140. The zero-order valence-corrected chi connectivity index (χ0v) is 13.5. The third-order valence-electron chi connectivity index (χ3n) is 3.04. The maximum absolute atomic E-state index is 8.79. The second-order valence-corrected chi connectivity index (χ2v) is 5.23. The van der Waals surface area contributed by atoms with Gasteiger partial charge in [-0.15, -0.1) is 0 Å². The summed E-state index contributed by atoms with van der Waals surface area (Å²) in [6.45, 7) is 4.95. The van der Waals surface area contributed by atoms with Crippen molar-refractivity contribution in [2.45, 2.75) is 51.9 Å². The van der Waals surface area contributed by atoms with E-state index in [1.165, 1.54) is 45.1 Å². The predicted molar refractivity (Wildman–Crippen MR) is 66.9 cm³/mol. The van der Waals surface area contributed by atoms with Crippen molar-refractivity contribution >= 4 is 0 Å². The zero-order valence-electron chi connectivity index (χ0n) is 11.3. The fourth-order valence-electron chi connectivity index (χ4n) is 1.93. The number of nitrogens with zero attached hydrogens (tertiary/aromatic N) is 1. The molecule has 0 saturated heterocycles. The topological polar surface area (TPSA) is 20.2 Å². The third kappa shape index (κ3) is 12.7. The van der Waals surface area contributed by atoms with Gasteiger partial charge in [0.25, 0.3) is 0 Å². The van der Waals surface area contributed by atoms with Crippen LogP contribution in [-0.4, -0.2) is 43.4 Å². The highest BCUT2D eigenvalue weighted by Gasteiger charge is 2.12. The molecule has 0 fully saturated rings. The number of quaternary nitrogens is 1. The van der Waals surface area contributed by atoms with Gasteiger partial charge in [-0.05, 0) is 12.8 Å². The molecule has 3 heteroatoms. The van der Waals surface area contributed by atoms with Crippen LogP contribution in [0, 0.1) is 0 Å².